The molecule has 2 aromatic carbocycles. The molecule has 1 atom stereocenters. The highest BCUT2D eigenvalue weighted by molar-refractivity contribution is 7.90. The Morgan fingerprint density at radius 1 is 1.32 bits per heavy atom. The van der Waals surface area contributed by atoms with Gasteiger partial charge in [0.2, 0.25) is 0 Å². The number of nitriles is 1. The highest BCUT2D eigenvalue weighted by atomic mass is 35.5. The Morgan fingerprint density at radius 2 is 2.08 bits per heavy atom. The molecule has 14 heteroatoms. The molecule has 1 aromatic heterocycles. The molecule has 0 bridgehead atoms. The number of rotatable bonds is 7. The van der Waals surface area contributed by atoms with E-state index in [1.54, 1.807) is 17.6 Å². The molecule has 2 fully saturated rings. The molecule has 214 valence electrons. The van der Waals surface area contributed by atoms with Crippen LogP contribution in [-0.2, 0) is 14.9 Å². The second kappa shape index (κ2) is 11.7. The Kier molecular flexibility index (Phi) is 8.67. The van der Waals surface area contributed by atoms with Crippen molar-refractivity contribution in [3.05, 3.63) is 58.4 Å². The summed E-state index contributed by atoms with van der Waals surface area (Å²) >= 11 is 0. The van der Waals surface area contributed by atoms with Gasteiger partial charge in [-0.25, -0.2) is 9.37 Å². The Labute approximate surface area is 237 Å². The average Bonchev–Trinajstić information content (AvgIpc) is 3.33. The Bertz CT molecular complexity index is 1620. The minimum absolute atomic E-state index is 0. The summed E-state index contributed by atoms with van der Waals surface area (Å²) in [6.07, 6.45) is 4.00. The first kappa shape index (κ1) is 29.7. The van der Waals surface area contributed by atoms with Crippen LogP contribution >= 0.6 is 12.4 Å². The number of nitrogens with one attached hydrogen (secondary N) is 2. The number of benzene rings is 2. The molecule has 1 spiro atoms. The molecule has 2 aliphatic heterocycles. The van der Waals surface area contributed by atoms with Crippen molar-refractivity contribution in [2.45, 2.75) is 37.8 Å². The van der Waals surface area contributed by atoms with E-state index in [0.29, 0.717) is 18.5 Å². The van der Waals surface area contributed by atoms with Crippen molar-refractivity contribution in [2.24, 2.45) is 0 Å². The zero-order valence-corrected chi connectivity index (χ0v) is 23.6. The van der Waals surface area contributed by atoms with Crippen molar-refractivity contribution in [3.63, 3.8) is 0 Å². The molecule has 0 radical (unpaired) electrons. The second-order valence-electron chi connectivity index (χ2n) is 9.77. The fraction of sp³-hybridized carbons (Fsp3) is 0.423. The van der Waals surface area contributed by atoms with Crippen molar-refractivity contribution in [1.82, 2.24) is 19.2 Å². The minimum atomic E-state index is -3.97. The molecule has 2 saturated heterocycles. The standard InChI is InChI=1S/C26H29FN6O5S.ClH/c1-3-32(2)39(35,36)31-23-7-5-21(27)24(20(23)14-28)38-18-4-6-22-19(12-18)25(34)33(16-30-22)17-13-26(37-15-17)8-10-29-11-9-26;/h4-7,12,16-17,29,31H,3,8-11,13,15H2,1-2H3;1H/t17-;/m1./s1. The van der Waals surface area contributed by atoms with Gasteiger partial charge >= 0.3 is 10.2 Å². The molecular weight excluding hydrogens is 563 g/mol. The van der Waals surface area contributed by atoms with Gasteiger partial charge in [0.05, 0.1) is 41.2 Å². The number of hydrogen-bond acceptors (Lipinski definition) is 8. The van der Waals surface area contributed by atoms with E-state index in [-0.39, 0.29) is 58.5 Å². The number of hydrogen-bond donors (Lipinski definition) is 2. The lowest BCUT2D eigenvalue weighted by Gasteiger charge is -2.32. The van der Waals surface area contributed by atoms with Gasteiger partial charge in [-0.3, -0.25) is 14.1 Å². The fourth-order valence-corrected chi connectivity index (χ4v) is 5.97. The van der Waals surface area contributed by atoms with Crippen LogP contribution in [0.25, 0.3) is 10.9 Å². The zero-order chi connectivity index (χ0) is 27.8. The van der Waals surface area contributed by atoms with Gasteiger partial charge in [-0.05, 0) is 62.7 Å². The molecule has 0 unspecified atom stereocenters. The fourth-order valence-electron chi connectivity index (χ4n) is 5.03. The van der Waals surface area contributed by atoms with Crippen molar-refractivity contribution in [2.75, 3.05) is 38.0 Å². The SMILES string of the molecule is CCN(C)S(=O)(=O)Nc1ccc(F)c(Oc2ccc3ncn([C@H]4COC5(CCNCC5)C4)c(=O)c3c2)c1C#N.Cl. The maximum atomic E-state index is 14.8. The molecule has 3 aromatic rings. The van der Waals surface area contributed by atoms with Crippen LogP contribution in [0.5, 0.6) is 11.5 Å². The van der Waals surface area contributed by atoms with Crippen LogP contribution in [0.1, 0.15) is 37.8 Å². The summed E-state index contributed by atoms with van der Waals surface area (Å²) < 4.78 is 56.6. The van der Waals surface area contributed by atoms with Gasteiger partial charge in [-0.15, -0.1) is 12.4 Å². The lowest BCUT2D eigenvalue weighted by molar-refractivity contribution is -0.0196. The maximum absolute atomic E-state index is 14.8. The molecule has 11 nitrogen and oxygen atoms in total. The van der Waals surface area contributed by atoms with E-state index in [4.69, 9.17) is 9.47 Å². The Balaban J connectivity index is 0.00000370. The van der Waals surface area contributed by atoms with Gasteiger partial charge in [-0.2, -0.15) is 18.0 Å². The van der Waals surface area contributed by atoms with E-state index < -0.39 is 21.8 Å². The third-order valence-electron chi connectivity index (χ3n) is 7.39. The molecule has 40 heavy (non-hydrogen) atoms. The molecule has 5 rings (SSSR count). The van der Waals surface area contributed by atoms with E-state index in [2.05, 4.69) is 15.0 Å². The van der Waals surface area contributed by atoms with Crippen LogP contribution in [-0.4, -0.2) is 61.2 Å². The van der Waals surface area contributed by atoms with Crippen molar-refractivity contribution < 1.29 is 22.3 Å². The van der Waals surface area contributed by atoms with E-state index >= 15 is 0 Å². The van der Waals surface area contributed by atoms with E-state index in [1.807, 2.05) is 6.07 Å². The largest absolute Gasteiger partial charge is 0.453 e. The second-order valence-corrected chi connectivity index (χ2v) is 11.5. The van der Waals surface area contributed by atoms with E-state index in [9.17, 15) is 22.9 Å². The lowest BCUT2D eigenvalue weighted by atomic mass is 9.88. The number of fused-ring (bicyclic) bond motifs is 1. The average molecular weight is 593 g/mol. The first-order valence-electron chi connectivity index (χ1n) is 12.7. The smallest absolute Gasteiger partial charge is 0.301 e. The number of aromatic nitrogens is 2. The van der Waals surface area contributed by atoms with E-state index in [1.165, 1.54) is 25.5 Å². The third-order valence-corrected chi connectivity index (χ3v) is 8.94. The molecule has 2 N–H and O–H groups in total. The zero-order valence-electron chi connectivity index (χ0n) is 22.0. The van der Waals surface area contributed by atoms with Gasteiger partial charge < -0.3 is 14.8 Å². The van der Waals surface area contributed by atoms with Gasteiger partial charge in [0.25, 0.3) is 5.56 Å². The lowest BCUT2D eigenvalue weighted by Crippen LogP contribution is -2.41. The maximum Gasteiger partial charge on any atom is 0.301 e. The molecule has 3 heterocycles. The van der Waals surface area contributed by atoms with Crippen LogP contribution in [0.3, 0.4) is 0 Å². The summed E-state index contributed by atoms with van der Waals surface area (Å²) in [6, 6.07) is 8.34. The highest BCUT2D eigenvalue weighted by Crippen LogP contribution is 2.39. The predicted molar refractivity (Wildman–Crippen MR) is 150 cm³/mol. The quantitative estimate of drug-likeness (QED) is 0.426. The summed E-state index contributed by atoms with van der Waals surface area (Å²) in [5.41, 5.74) is -0.549. The van der Waals surface area contributed by atoms with Gasteiger partial charge in [0.15, 0.2) is 11.6 Å². The number of halogens is 2. The molecule has 0 amide bonds. The van der Waals surface area contributed by atoms with Crippen LogP contribution in [0.2, 0.25) is 0 Å². The van der Waals surface area contributed by atoms with Crippen molar-refractivity contribution >= 4 is 39.2 Å². The molecule has 2 aliphatic rings. The number of piperidine rings is 1. The topological polar surface area (TPSA) is 139 Å². The normalized spacial score (nSPS) is 18.4. The number of ether oxygens (including phenoxy) is 2. The predicted octanol–water partition coefficient (Wildman–Crippen LogP) is 3.31. The first-order chi connectivity index (χ1) is 18.7. The minimum Gasteiger partial charge on any atom is -0.453 e. The summed E-state index contributed by atoms with van der Waals surface area (Å²) in [4.78, 5) is 17.9. The monoisotopic (exact) mass is 592 g/mol. The Morgan fingerprint density at radius 3 is 2.77 bits per heavy atom. The third kappa shape index (κ3) is 5.63. The molecule has 0 saturated carbocycles. The summed E-state index contributed by atoms with van der Waals surface area (Å²) in [6.45, 7) is 4.00. The van der Waals surface area contributed by atoms with Crippen LogP contribution in [0, 0.1) is 17.1 Å². The van der Waals surface area contributed by atoms with Gasteiger partial charge in [0.1, 0.15) is 17.4 Å². The summed E-state index contributed by atoms with van der Waals surface area (Å²) in [7, 11) is -2.60. The molecular formula is C26H30ClFN6O5S. The first-order valence-corrected chi connectivity index (χ1v) is 14.1. The molecule has 0 aliphatic carbocycles. The van der Waals surface area contributed by atoms with Crippen LogP contribution < -0.4 is 20.3 Å². The number of nitrogens with zero attached hydrogens (tertiary/aromatic N) is 4. The van der Waals surface area contributed by atoms with Crippen molar-refractivity contribution in [3.8, 4) is 17.6 Å². The number of anilines is 1. The van der Waals surface area contributed by atoms with E-state index in [0.717, 1.165) is 42.4 Å². The van der Waals surface area contributed by atoms with Crippen LogP contribution in [0.15, 0.2) is 41.5 Å². The van der Waals surface area contributed by atoms with Crippen LogP contribution in [0.4, 0.5) is 10.1 Å². The summed E-state index contributed by atoms with van der Waals surface area (Å²) in [5, 5.41) is 13.3. The van der Waals surface area contributed by atoms with Gasteiger partial charge in [-0.1, -0.05) is 6.92 Å². The van der Waals surface area contributed by atoms with Crippen molar-refractivity contribution in [1.29, 1.82) is 5.26 Å². The highest BCUT2D eigenvalue weighted by Gasteiger charge is 2.42. The summed E-state index contributed by atoms with van der Waals surface area (Å²) in [5.74, 6) is -1.23. The Hall–Kier alpha value is -3.28. The van der Waals surface area contributed by atoms with Gasteiger partial charge in [0, 0.05) is 13.6 Å².